The van der Waals surface area contributed by atoms with Crippen LogP contribution in [-0.4, -0.2) is 30.0 Å². The third-order valence-electron chi connectivity index (χ3n) is 4.66. The van der Waals surface area contributed by atoms with E-state index in [1.54, 1.807) is 7.11 Å². The van der Waals surface area contributed by atoms with Crippen LogP contribution in [0.1, 0.15) is 18.0 Å². The molecule has 1 saturated heterocycles. The molecule has 1 aromatic heterocycles. The van der Waals surface area contributed by atoms with Crippen molar-refractivity contribution in [2.75, 3.05) is 20.2 Å². The molecule has 1 N–H and O–H groups in total. The number of nitrogens with one attached hydrogen (secondary N) is 1. The van der Waals surface area contributed by atoms with E-state index in [0.717, 1.165) is 30.9 Å². The molecule has 4 heteroatoms. The maximum absolute atomic E-state index is 5.28. The molecule has 4 rings (SSSR count). The van der Waals surface area contributed by atoms with Crippen LogP contribution in [0.4, 0.5) is 0 Å². The summed E-state index contributed by atoms with van der Waals surface area (Å²) in [6, 6.07) is 18.6. The van der Waals surface area contributed by atoms with Crippen LogP contribution >= 0.6 is 0 Å². The van der Waals surface area contributed by atoms with Crippen LogP contribution in [0.2, 0.25) is 0 Å². The number of ether oxygens (including phenoxy) is 1. The highest BCUT2D eigenvalue weighted by Crippen LogP contribution is 2.34. The second kappa shape index (κ2) is 6.49. The van der Waals surface area contributed by atoms with Crippen molar-refractivity contribution in [3.8, 4) is 22.6 Å². The van der Waals surface area contributed by atoms with Crippen molar-refractivity contribution in [1.82, 2.24) is 15.1 Å². The van der Waals surface area contributed by atoms with Gasteiger partial charge in [0.05, 0.1) is 24.7 Å². The van der Waals surface area contributed by atoms with Gasteiger partial charge in [-0.3, -0.25) is 0 Å². The third-order valence-corrected chi connectivity index (χ3v) is 4.66. The summed E-state index contributed by atoms with van der Waals surface area (Å²) in [5, 5.41) is 8.18. The molecule has 24 heavy (non-hydrogen) atoms. The lowest BCUT2D eigenvalue weighted by molar-refractivity contribution is 0.415. The maximum Gasteiger partial charge on any atom is 0.118 e. The van der Waals surface area contributed by atoms with Gasteiger partial charge in [-0.05, 0) is 42.8 Å². The highest BCUT2D eigenvalue weighted by atomic mass is 16.5. The maximum atomic E-state index is 5.28. The van der Waals surface area contributed by atoms with Gasteiger partial charge in [0.15, 0.2) is 0 Å². The molecule has 1 unspecified atom stereocenters. The zero-order valence-corrected chi connectivity index (χ0v) is 13.8. The van der Waals surface area contributed by atoms with E-state index in [1.807, 2.05) is 24.4 Å². The molecular weight excluding hydrogens is 298 g/mol. The molecule has 0 radical (unpaired) electrons. The minimum absolute atomic E-state index is 0.477. The topological polar surface area (TPSA) is 39.1 Å². The van der Waals surface area contributed by atoms with Gasteiger partial charge in [-0.1, -0.05) is 30.3 Å². The van der Waals surface area contributed by atoms with Crippen LogP contribution in [-0.2, 0) is 0 Å². The number of rotatable bonds is 4. The first kappa shape index (κ1) is 15.0. The first-order chi connectivity index (χ1) is 11.9. The molecule has 3 aromatic rings. The summed E-state index contributed by atoms with van der Waals surface area (Å²) >= 11 is 0. The molecule has 1 aliphatic heterocycles. The van der Waals surface area contributed by atoms with Crippen molar-refractivity contribution in [1.29, 1.82) is 0 Å². The molecule has 4 nitrogen and oxygen atoms in total. The molecular formula is C20H21N3O. The predicted molar refractivity (Wildman–Crippen MR) is 95.8 cm³/mol. The van der Waals surface area contributed by atoms with Crippen LogP contribution < -0.4 is 10.1 Å². The molecule has 0 amide bonds. The number of benzene rings is 2. The number of methoxy groups -OCH3 is 1. The number of aromatic nitrogens is 2. The fourth-order valence-corrected chi connectivity index (χ4v) is 3.41. The Hall–Kier alpha value is -2.59. The molecule has 0 saturated carbocycles. The van der Waals surface area contributed by atoms with Gasteiger partial charge >= 0.3 is 0 Å². The number of hydrogen-bond donors (Lipinski definition) is 1. The van der Waals surface area contributed by atoms with Gasteiger partial charge in [0.1, 0.15) is 5.75 Å². The molecule has 1 aliphatic rings. The van der Waals surface area contributed by atoms with Crippen LogP contribution in [0.25, 0.3) is 16.8 Å². The van der Waals surface area contributed by atoms with Gasteiger partial charge in [0.2, 0.25) is 0 Å². The number of nitrogens with zero attached hydrogens (tertiary/aromatic N) is 2. The summed E-state index contributed by atoms with van der Waals surface area (Å²) in [6.45, 7) is 2.06. The fraction of sp³-hybridized carbons (Fsp3) is 0.250. The second-order valence-electron chi connectivity index (χ2n) is 6.11. The van der Waals surface area contributed by atoms with Gasteiger partial charge in [-0.15, -0.1) is 0 Å². The Morgan fingerprint density at radius 1 is 1.08 bits per heavy atom. The van der Waals surface area contributed by atoms with Crippen molar-refractivity contribution in [2.45, 2.75) is 12.3 Å². The van der Waals surface area contributed by atoms with E-state index in [9.17, 15) is 0 Å². The Labute approximate surface area is 142 Å². The lowest BCUT2D eigenvalue weighted by atomic mass is 9.96. The van der Waals surface area contributed by atoms with Crippen molar-refractivity contribution in [3.63, 3.8) is 0 Å². The Morgan fingerprint density at radius 3 is 2.54 bits per heavy atom. The van der Waals surface area contributed by atoms with E-state index in [1.165, 1.54) is 16.8 Å². The van der Waals surface area contributed by atoms with Crippen LogP contribution in [0.3, 0.4) is 0 Å². The van der Waals surface area contributed by atoms with Crippen LogP contribution in [0.5, 0.6) is 5.75 Å². The van der Waals surface area contributed by atoms with Gasteiger partial charge in [-0.25, -0.2) is 4.68 Å². The normalized spacial score (nSPS) is 17.1. The summed E-state index contributed by atoms with van der Waals surface area (Å²) in [6.07, 6.45) is 3.13. The fourth-order valence-electron chi connectivity index (χ4n) is 3.41. The Balaban J connectivity index is 1.83. The van der Waals surface area contributed by atoms with Gasteiger partial charge in [0.25, 0.3) is 0 Å². The first-order valence-corrected chi connectivity index (χ1v) is 8.35. The summed E-state index contributed by atoms with van der Waals surface area (Å²) in [5.41, 5.74) is 4.78. The molecule has 122 valence electrons. The molecule has 2 aromatic carbocycles. The zero-order chi connectivity index (χ0) is 16.4. The Morgan fingerprint density at radius 2 is 1.88 bits per heavy atom. The standard InChI is InChI=1S/C20H21N3O/c1-24-18-9-7-15(8-10-18)19-14-22-23(17-5-3-2-4-6-17)20(19)16-11-12-21-13-16/h2-10,14,16,21H,11-13H2,1H3. The van der Waals surface area contributed by atoms with Crippen molar-refractivity contribution < 1.29 is 4.74 Å². The molecule has 1 fully saturated rings. The van der Waals surface area contributed by atoms with E-state index >= 15 is 0 Å². The summed E-state index contributed by atoms with van der Waals surface area (Å²) in [4.78, 5) is 0. The van der Waals surface area contributed by atoms with E-state index in [4.69, 9.17) is 9.84 Å². The Kier molecular flexibility index (Phi) is 4.05. The van der Waals surface area contributed by atoms with E-state index in [0.29, 0.717) is 5.92 Å². The van der Waals surface area contributed by atoms with Crippen molar-refractivity contribution >= 4 is 0 Å². The molecule has 0 bridgehead atoms. The third kappa shape index (κ3) is 2.69. The Bertz CT molecular complexity index is 803. The van der Waals surface area contributed by atoms with E-state index in [-0.39, 0.29) is 0 Å². The summed E-state index contributed by atoms with van der Waals surface area (Å²) < 4.78 is 7.37. The average Bonchev–Trinajstić information content (AvgIpc) is 3.32. The molecule has 0 aliphatic carbocycles. The van der Waals surface area contributed by atoms with Gasteiger partial charge in [0, 0.05) is 18.0 Å². The lowest BCUT2D eigenvalue weighted by Crippen LogP contribution is -2.12. The SMILES string of the molecule is COc1ccc(-c2cnn(-c3ccccc3)c2C2CCNC2)cc1. The quantitative estimate of drug-likeness (QED) is 0.798. The van der Waals surface area contributed by atoms with Crippen LogP contribution in [0.15, 0.2) is 60.8 Å². The largest absolute Gasteiger partial charge is 0.497 e. The van der Waals surface area contributed by atoms with E-state index < -0.39 is 0 Å². The number of para-hydroxylation sites is 1. The van der Waals surface area contributed by atoms with Crippen molar-refractivity contribution in [3.05, 3.63) is 66.5 Å². The zero-order valence-electron chi connectivity index (χ0n) is 13.8. The molecule has 2 heterocycles. The number of hydrogen-bond acceptors (Lipinski definition) is 3. The van der Waals surface area contributed by atoms with Gasteiger partial charge in [-0.2, -0.15) is 5.10 Å². The highest BCUT2D eigenvalue weighted by molar-refractivity contribution is 5.68. The first-order valence-electron chi connectivity index (χ1n) is 8.35. The average molecular weight is 319 g/mol. The van der Waals surface area contributed by atoms with Crippen LogP contribution in [0, 0.1) is 0 Å². The van der Waals surface area contributed by atoms with E-state index in [2.05, 4.69) is 46.4 Å². The molecule has 0 spiro atoms. The van der Waals surface area contributed by atoms with Gasteiger partial charge < -0.3 is 10.1 Å². The highest BCUT2D eigenvalue weighted by Gasteiger charge is 2.25. The molecule has 1 atom stereocenters. The summed E-state index contributed by atoms with van der Waals surface area (Å²) in [7, 11) is 1.69. The smallest absolute Gasteiger partial charge is 0.118 e. The minimum Gasteiger partial charge on any atom is -0.497 e. The predicted octanol–water partition coefficient (Wildman–Crippen LogP) is 3.62. The minimum atomic E-state index is 0.477. The van der Waals surface area contributed by atoms with Crippen molar-refractivity contribution in [2.24, 2.45) is 0 Å². The summed E-state index contributed by atoms with van der Waals surface area (Å²) in [5.74, 6) is 1.35. The lowest BCUT2D eigenvalue weighted by Gasteiger charge is -2.15. The second-order valence-corrected chi connectivity index (χ2v) is 6.11. The monoisotopic (exact) mass is 319 g/mol.